The molecule has 3 aromatic rings. The van der Waals surface area contributed by atoms with Crippen molar-refractivity contribution in [3.63, 3.8) is 0 Å². The Balaban J connectivity index is 1.65. The molecule has 0 aliphatic rings. The molecular formula is C17H14F3N3O. The second-order valence-corrected chi connectivity index (χ2v) is 5.30. The molecule has 0 spiro atoms. The fraction of sp³-hybridized carbons (Fsp3) is 0.176. The molecule has 124 valence electrons. The second kappa shape index (κ2) is 6.35. The first kappa shape index (κ1) is 16.0. The summed E-state index contributed by atoms with van der Waals surface area (Å²) in [6.07, 6.45) is -4.34. The van der Waals surface area contributed by atoms with E-state index in [0.717, 1.165) is 23.3 Å². The van der Waals surface area contributed by atoms with Crippen LogP contribution in [-0.2, 0) is 12.7 Å². The Bertz CT molecular complexity index is 826. The average Bonchev–Trinajstić information content (AvgIpc) is 3.01. The molecule has 0 saturated heterocycles. The van der Waals surface area contributed by atoms with Gasteiger partial charge < -0.3 is 9.73 Å². The molecule has 4 nitrogen and oxygen atoms in total. The van der Waals surface area contributed by atoms with Crippen molar-refractivity contribution in [2.45, 2.75) is 19.6 Å². The predicted molar refractivity (Wildman–Crippen MR) is 83.2 cm³/mol. The van der Waals surface area contributed by atoms with E-state index >= 15 is 0 Å². The Morgan fingerprint density at radius 1 is 1.04 bits per heavy atom. The predicted octanol–water partition coefficient (Wildman–Crippen LogP) is 4.68. The maximum Gasteiger partial charge on any atom is 0.416 e. The van der Waals surface area contributed by atoms with Gasteiger partial charge in [0, 0.05) is 11.3 Å². The maximum absolute atomic E-state index is 12.5. The summed E-state index contributed by atoms with van der Waals surface area (Å²) in [5, 5.41) is 10.9. The van der Waals surface area contributed by atoms with Crippen molar-refractivity contribution in [2.75, 3.05) is 5.32 Å². The van der Waals surface area contributed by atoms with Gasteiger partial charge in [0.2, 0.25) is 11.8 Å². The standard InChI is InChI=1S/C17H14F3N3O/c1-11-3-2-4-12(9-11)16-23-22-15(24-16)10-21-14-7-5-13(6-8-14)17(18,19)20/h2-9,21H,10H2,1H3. The number of halogens is 3. The van der Waals surface area contributed by atoms with Crippen LogP contribution in [0, 0.1) is 6.92 Å². The van der Waals surface area contributed by atoms with Gasteiger partial charge >= 0.3 is 6.18 Å². The van der Waals surface area contributed by atoms with Crippen LogP contribution in [0.1, 0.15) is 17.0 Å². The molecule has 1 aromatic heterocycles. The molecular weight excluding hydrogens is 319 g/mol. The van der Waals surface area contributed by atoms with E-state index in [9.17, 15) is 13.2 Å². The van der Waals surface area contributed by atoms with E-state index in [2.05, 4.69) is 15.5 Å². The van der Waals surface area contributed by atoms with Crippen molar-refractivity contribution < 1.29 is 17.6 Å². The molecule has 0 aliphatic heterocycles. The third kappa shape index (κ3) is 3.73. The van der Waals surface area contributed by atoms with Crippen LogP contribution in [0.25, 0.3) is 11.5 Å². The van der Waals surface area contributed by atoms with Gasteiger partial charge in [0.25, 0.3) is 0 Å². The summed E-state index contributed by atoms with van der Waals surface area (Å²) in [5.41, 5.74) is 1.75. The zero-order valence-electron chi connectivity index (χ0n) is 12.8. The van der Waals surface area contributed by atoms with E-state index in [-0.39, 0.29) is 6.54 Å². The number of aryl methyl sites for hydroxylation is 1. The van der Waals surface area contributed by atoms with Gasteiger partial charge in [0.15, 0.2) is 0 Å². The van der Waals surface area contributed by atoms with Crippen LogP contribution >= 0.6 is 0 Å². The largest absolute Gasteiger partial charge is 0.419 e. The van der Waals surface area contributed by atoms with Crippen molar-refractivity contribution in [3.05, 3.63) is 65.5 Å². The minimum absolute atomic E-state index is 0.226. The Morgan fingerprint density at radius 2 is 1.79 bits per heavy atom. The summed E-state index contributed by atoms with van der Waals surface area (Å²) >= 11 is 0. The van der Waals surface area contributed by atoms with Crippen molar-refractivity contribution in [1.29, 1.82) is 0 Å². The monoisotopic (exact) mass is 333 g/mol. The Labute approximate surface area is 136 Å². The number of nitrogens with zero attached hydrogens (tertiary/aromatic N) is 2. The first-order valence-electron chi connectivity index (χ1n) is 7.22. The number of rotatable bonds is 4. The first-order chi connectivity index (χ1) is 11.4. The first-order valence-corrected chi connectivity index (χ1v) is 7.22. The molecule has 0 fully saturated rings. The van der Waals surface area contributed by atoms with Crippen molar-refractivity contribution in [1.82, 2.24) is 10.2 Å². The van der Waals surface area contributed by atoms with Gasteiger partial charge in [-0.2, -0.15) is 13.2 Å². The fourth-order valence-electron chi connectivity index (χ4n) is 2.17. The third-order valence-electron chi connectivity index (χ3n) is 3.39. The third-order valence-corrected chi connectivity index (χ3v) is 3.39. The van der Waals surface area contributed by atoms with Crippen LogP contribution in [0.2, 0.25) is 0 Å². The topological polar surface area (TPSA) is 51.0 Å². The van der Waals surface area contributed by atoms with Crippen molar-refractivity contribution >= 4 is 5.69 Å². The maximum atomic E-state index is 12.5. The van der Waals surface area contributed by atoms with Gasteiger partial charge in [-0.25, -0.2) is 0 Å². The summed E-state index contributed by atoms with van der Waals surface area (Å²) in [6, 6.07) is 12.4. The highest BCUT2D eigenvalue weighted by Crippen LogP contribution is 2.29. The molecule has 0 atom stereocenters. The minimum atomic E-state index is -4.34. The highest BCUT2D eigenvalue weighted by Gasteiger charge is 2.29. The molecule has 24 heavy (non-hydrogen) atoms. The van der Waals surface area contributed by atoms with Crippen LogP contribution in [0.3, 0.4) is 0 Å². The summed E-state index contributed by atoms with van der Waals surface area (Å²) < 4.78 is 43.1. The number of alkyl halides is 3. The molecule has 0 amide bonds. The van der Waals surface area contributed by atoms with Crippen LogP contribution < -0.4 is 5.32 Å². The molecule has 0 aliphatic carbocycles. The summed E-state index contributed by atoms with van der Waals surface area (Å²) in [7, 11) is 0. The SMILES string of the molecule is Cc1cccc(-c2nnc(CNc3ccc(C(F)(F)F)cc3)o2)c1. The Hall–Kier alpha value is -2.83. The molecule has 1 heterocycles. The van der Waals surface area contributed by atoms with Gasteiger partial charge in [-0.1, -0.05) is 17.7 Å². The lowest BCUT2D eigenvalue weighted by Crippen LogP contribution is -2.05. The Kier molecular flexibility index (Phi) is 4.24. The van der Waals surface area contributed by atoms with Crippen molar-refractivity contribution in [3.8, 4) is 11.5 Å². The van der Waals surface area contributed by atoms with E-state index in [1.54, 1.807) is 0 Å². The average molecular weight is 333 g/mol. The quantitative estimate of drug-likeness (QED) is 0.753. The van der Waals surface area contributed by atoms with E-state index in [4.69, 9.17) is 4.42 Å². The molecule has 7 heteroatoms. The van der Waals surface area contributed by atoms with E-state index in [1.807, 2.05) is 31.2 Å². The second-order valence-electron chi connectivity index (χ2n) is 5.30. The summed E-state index contributed by atoms with van der Waals surface area (Å²) in [6.45, 7) is 2.19. The van der Waals surface area contributed by atoms with Crippen LogP contribution in [-0.4, -0.2) is 10.2 Å². The molecule has 0 bridgehead atoms. The van der Waals surface area contributed by atoms with E-state index in [0.29, 0.717) is 17.5 Å². The normalized spacial score (nSPS) is 11.5. The van der Waals surface area contributed by atoms with Gasteiger partial charge in [-0.05, 0) is 43.3 Å². The van der Waals surface area contributed by atoms with Crippen LogP contribution in [0.15, 0.2) is 52.9 Å². The zero-order chi connectivity index (χ0) is 17.2. The highest BCUT2D eigenvalue weighted by atomic mass is 19.4. The van der Waals surface area contributed by atoms with Gasteiger partial charge in [-0.3, -0.25) is 0 Å². The smallest absolute Gasteiger partial charge is 0.416 e. The van der Waals surface area contributed by atoms with Gasteiger partial charge in [0.05, 0.1) is 12.1 Å². The van der Waals surface area contributed by atoms with E-state index in [1.165, 1.54) is 12.1 Å². The number of hydrogen-bond donors (Lipinski definition) is 1. The van der Waals surface area contributed by atoms with Crippen LogP contribution in [0.4, 0.5) is 18.9 Å². The molecule has 0 unspecified atom stereocenters. The van der Waals surface area contributed by atoms with Gasteiger partial charge in [0.1, 0.15) is 0 Å². The fourth-order valence-corrected chi connectivity index (χ4v) is 2.17. The highest BCUT2D eigenvalue weighted by molar-refractivity contribution is 5.53. The summed E-state index contributed by atoms with van der Waals surface area (Å²) in [5.74, 6) is 0.759. The molecule has 3 rings (SSSR count). The number of benzene rings is 2. The Morgan fingerprint density at radius 3 is 2.46 bits per heavy atom. The minimum Gasteiger partial charge on any atom is -0.419 e. The molecule has 2 aromatic carbocycles. The van der Waals surface area contributed by atoms with Crippen LogP contribution in [0.5, 0.6) is 0 Å². The lowest BCUT2D eigenvalue weighted by atomic mass is 10.1. The lowest BCUT2D eigenvalue weighted by molar-refractivity contribution is -0.137. The van der Waals surface area contributed by atoms with Gasteiger partial charge in [-0.15, -0.1) is 10.2 Å². The number of anilines is 1. The molecule has 0 radical (unpaired) electrons. The number of hydrogen-bond acceptors (Lipinski definition) is 4. The lowest BCUT2D eigenvalue weighted by Gasteiger charge is -2.08. The zero-order valence-corrected chi connectivity index (χ0v) is 12.8. The molecule has 0 saturated carbocycles. The van der Waals surface area contributed by atoms with E-state index < -0.39 is 11.7 Å². The summed E-state index contributed by atoms with van der Waals surface area (Å²) in [4.78, 5) is 0. The number of aromatic nitrogens is 2. The van der Waals surface area contributed by atoms with Crippen molar-refractivity contribution in [2.24, 2.45) is 0 Å². The number of nitrogens with one attached hydrogen (secondary N) is 1. The molecule has 1 N–H and O–H groups in total.